The van der Waals surface area contributed by atoms with E-state index in [1.54, 1.807) is 24.1 Å². The van der Waals surface area contributed by atoms with E-state index in [-0.39, 0.29) is 5.91 Å². The Labute approximate surface area is 126 Å². The van der Waals surface area contributed by atoms with Gasteiger partial charge < -0.3 is 4.90 Å². The van der Waals surface area contributed by atoms with Gasteiger partial charge in [0, 0.05) is 25.3 Å². The zero-order valence-corrected chi connectivity index (χ0v) is 13.4. The first-order valence-electron chi connectivity index (χ1n) is 5.78. The van der Waals surface area contributed by atoms with Gasteiger partial charge in [-0.2, -0.15) is 0 Å². The van der Waals surface area contributed by atoms with E-state index < -0.39 is 0 Å². The maximum Gasteiger partial charge on any atom is 0.222 e. The van der Waals surface area contributed by atoms with Gasteiger partial charge in [0.15, 0.2) is 0 Å². The fourth-order valence-electron chi connectivity index (χ4n) is 1.56. The fraction of sp³-hybridized carbons (Fsp3) is 0.462. The van der Waals surface area contributed by atoms with Gasteiger partial charge in [-0.05, 0) is 30.5 Å². The van der Waals surface area contributed by atoms with E-state index >= 15 is 0 Å². The highest BCUT2D eigenvalue weighted by Gasteiger charge is 2.09. The Hall–Kier alpha value is -0.250. The molecule has 0 unspecified atom stereocenters. The molecule has 0 bridgehead atoms. The van der Waals surface area contributed by atoms with Gasteiger partial charge in [0.05, 0.1) is 10.0 Å². The predicted molar refractivity (Wildman–Crippen MR) is 80.6 cm³/mol. The Bertz CT molecular complexity index is 412. The Balaban J connectivity index is 2.50. The number of alkyl halides is 1. The first kappa shape index (κ1) is 15.8. The van der Waals surface area contributed by atoms with Crippen molar-refractivity contribution in [2.75, 3.05) is 12.4 Å². The molecule has 0 radical (unpaired) electrons. The van der Waals surface area contributed by atoms with Crippen LogP contribution in [0.2, 0.25) is 10.0 Å². The average molecular weight is 353 g/mol. The second-order valence-corrected chi connectivity index (χ2v) is 5.75. The second-order valence-electron chi connectivity index (χ2n) is 4.14. The number of carbonyl (C=O) groups is 1. The minimum absolute atomic E-state index is 0.155. The van der Waals surface area contributed by atoms with Crippen LogP contribution in [0.4, 0.5) is 0 Å². The number of amides is 1. The van der Waals surface area contributed by atoms with Gasteiger partial charge in [0.25, 0.3) is 0 Å². The van der Waals surface area contributed by atoms with E-state index in [0.717, 1.165) is 23.7 Å². The normalized spacial score (nSPS) is 10.4. The highest BCUT2D eigenvalue weighted by molar-refractivity contribution is 9.09. The molecule has 0 aromatic heterocycles. The van der Waals surface area contributed by atoms with Gasteiger partial charge in [-0.1, -0.05) is 45.2 Å². The monoisotopic (exact) mass is 351 g/mol. The minimum Gasteiger partial charge on any atom is -0.341 e. The molecule has 0 N–H and O–H groups in total. The second kappa shape index (κ2) is 8.03. The Morgan fingerprint density at radius 1 is 1.28 bits per heavy atom. The minimum atomic E-state index is 0.155. The molecule has 2 nitrogen and oxygen atoms in total. The third-order valence-corrected chi connectivity index (χ3v) is 3.90. The lowest BCUT2D eigenvalue weighted by molar-refractivity contribution is -0.130. The quantitative estimate of drug-likeness (QED) is 0.544. The summed E-state index contributed by atoms with van der Waals surface area (Å²) in [6.45, 7) is 0.560. The third-order valence-electron chi connectivity index (χ3n) is 2.60. The summed E-state index contributed by atoms with van der Waals surface area (Å²) in [6.07, 6.45) is 2.52. The van der Waals surface area contributed by atoms with Crippen molar-refractivity contribution in [1.29, 1.82) is 0 Å². The van der Waals surface area contributed by atoms with E-state index in [2.05, 4.69) is 15.9 Å². The topological polar surface area (TPSA) is 20.3 Å². The number of hydrogen-bond donors (Lipinski definition) is 0. The molecule has 0 aliphatic rings. The molecule has 100 valence electrons. The van der Waals surface area contributed by atoms with Crippen LogP contribution >= 0.6 is 39.1 Å². The summed E-state index contributed by atoms with van der Waals surface area (Å²) in [6, 6.07) is 5.44. The van der Waals surface area contributed by atoms with Crippen LogP contribution in [0.25, 0.3) is 0 Å². The maximum atomic E-state index is 11.8. The molecular weight excluding hydrogens is 337 g/mol. The van der Waals surface area contributed by atoms with E-state index in [4.69, 9.17) is 23.2 Å². The van der Waals surface area contributed by atoms with Crippen molar-refractivity contribution in [1.82, 2.24) is 4.90 Å². The van der Waals surface area contributed by atoms with Gasteiger partial charge in [-0.15, -0.1) is 0 Å². The lowest BCUT2D eigenvalue weighted by atomic mass is 10.2. The molecule has 0 aliphatic heterocycles. The number of carbonyl (C=O) groups excluding carboxylic acids is 1. The fourth-order valence-corrected chi connectivity index (χ4v) is 2.28. The van der Waals surface area contributed by atoms with Crippen LogP contribution in [-0.2, 0) is 11.3 Å². The van der Waals surface area contributed by atoms with E-state index in [0.29, 0.717) is 23.0 Å². The lowest BCUT2D eigenvalue weighted by Crippen LogP contribution is -2.25. The average Bonchev–Trinajstić information content (AvgIpc) is 2.34. The summed E-state index contributed by atoms with van der Waals surface area (Å²) in [5.74, 6) is 0.155. The molecule has 0 heterocycles. The third kappa shape index (κ3) is 5.17. The molecule has 0 saturated heterocycles. The maximum absolute atomic E-state index is 11.8. The summed E-state index contributed by atoms with van der Waals surface area (Å²) >= 11 is 15.1. The number of benzene rings is 1. The van der Waals surface area contributed by atoms with Crippen LogP contribution in [0.5, 0.6) is 0 Å². The van der Waals surface area contributed by atoms with Crippen molar-refractivity contribution in [2.24, 2.45) is 0 Å². The SMILES string of the molecule is CN(Cc1ccc(Cl)c(Cl)c1)C(=O)CCCCBr. The number of unbranched alkanes of at least 4 members (excludes halogenated alkanes) is 1. The van der Waals surface area contributed by atoms with Crippen molar-refractivity contribution in [3.05, 3.63) is 33.8 Å². The summed E-state index contributed by atoms with van der Waals surface area (Å²) in [5.41, 5.74) is 0.987. The zero-order valence-electron chi connectivity index (χ0n) is 10.3. The summed E-state index contributed by atoms with van der Waals surface area (Å²) in [5, 5.41) is 2.00. The molecule has 1 rings (SSSR count). The van der Waals surface area contributed by atoms with Gasteiger partial charge in [0.2, 0.25) is 5.91 Å². The van der Waals surface area contributed by atoms with Gasteiger partial charge >= 0.3 is 0 Å². The van der Waals surface area contributed by atoms with Gasteiger partial charge in [-0.3, -0.25) is 4.79 Å². The molecule has 1 aromatic carbocycles. The van der Waals surface area contributed by atoms with Gasteiger partial charge in [-0.25, -0.2) is 0 Å². The van der Waals surface area contributed by atoms with Crippen LogP contribution in [0, 0.1) is 0 Å². The Morgan fingerprint density at radius 3 is 2.61 bits per heavy atom. The van der Waals surface area contributed by atoms with Crippen molar-refractivity contribution < 1.29 is 4.79 Å². The molecular formula is C13H16BrCl2NO. The number of hydrogen-bond acceptors (Lipinski definition) is 1. The molecule has 1 amide bonds. The van der Waals surface area contributed by atoms with Crippen LogP contribution < -0.4 is 0 Å². The van der Waals surface area contributed by atoms with Crippen LogP contribution in [-0.4, -0.2) is 23.2 Å². The Kier molecular flexibility index (Phi) is 7.05. The van der Waals surface area contributed by atoms with E-state index in [1.165, 1.54) is 0 Å². The first-order valence-corrected chi connectivity index (χ1v) is 7.66. The van der Waals surface area contributed by atoms with Crippen LogP contribution in [0.15, 0.2) is 18.2 Å². The molecule has 18 heavy (non-hydrogen) atoms. The molecule has 0 saturated carbocycles. The summed E-state index contributed by atoms with van der Waals surface area (Å²) in [7, 11) is 1.80. The van der Waals surface area contributed by atoms with Crippen LogP contribution in [0.3, 0.4) is 0 Å². The summed E-state index contributed by atoms with van der Waals surface area (Å²) < 4.78 is 0. The Morgan fingerprint density at radius 2 is 2.00 bits per heavy atom. The van der Waals surface area contributed by atoms with Crippen molar-refractivity contribution in [3.63, 3.8) is 0 Å². The zero-order chi connectivity index (χ0) is 13.5. The number of rotatable bonds is 6. The van der Waals surface area contributed by atoms with E-state index in [1.807, 2.05) is 6.07 Å². The lowest BCUT2D eigenvalue weighted by Gasteiger charge is -2.17. The molecule has 0 atom stereocenters. The van der Waals surface area contributed by atoms with Crippen molar-refractivity contribution in [3.8, 4) is 0 Å². The van der Waals surface area contributed by atoms with Crippen LogP contribution in [0.1, 0.15) is 24.8 Å². The molecule has 5 heteroatoms. The molecule has 1 aromatic rings. The smallest absolute Gasteiger partial charge is 0.222 e. The first-order chi connectivity index (χ1) is 8.54. The standard InChI is InChI=1S/C13H16BrCl2NO/c1-17(13(18)4-2-3-7-14)9-10-5-6-11(15)12(16)8-10/h5-6,8H,2-4,7,9H2,1H3. The van der Waals surface area contributed by atoms with Crippen molar-refractivity contribution >= 4 is 45.0 Å². The highest BCUT2D eigenvalue weighted by atomic mass is 79.9. The van der Waals surface area contributed by atoms with Crippen molar-refractivity contribution in [2.45, 2.75) is 25.8 Å². The largest absolute Gasteiger partial charge is 0.341 e. The predicted octanol–water partition coefficient (Wildman–Crippen LogP) is 4.52. The number of halogens is 3. The molecule has 0 aliphatic carbocycles. The highest BCUT2D eigenvalue weighted by Crippen LogP contribution is 2.23. The molecule has 0 spiro atoms. The van der Waals surface area contributed by atoms with Gasteiger partial charge in [0.1, 0.15) is 0 Å². The van der Waals surface area contributed by atoms with E-state index in [9.17, 15) is 4.79 Å². The molecule has 0 fully saturated rings. The summed E-state index contributed by atoms with van der Waals surface area (Å²) in [4.78, 5) is 13.5. The number of nitrogens with zero attached hydrogens (tertiary/aromatic N) is 1.